The Morgan fingerprint density at radius 1 is 1.27 bits per heavy atom. The number of carbonyl (C=O) groups is 2. The van der Waals surface area contributed by atoms with Gasteiger partial charge in [-0.15, -0.1) is 0 Å². The molecule has 0 saturated heterocycles. The maximum atomic E-state index is 11.8. The number of imidazole rings is 1. The number of nitrogens with zero attached hydrogens (tertiary/aromatic N) is 3. The number of rotatable bonds is 9. The Morgan fingerprint density at radius 3 is 2.73 bits per heavy atom. The number of aliphatic hydroxyl groups excluding tert-OH is 1. The largest absolute Gasteiger partial charge is 0.394 e. The zero-order valence-corrected chi connectivity index (χ0v) is 16.2. The van der Waals surface area contributed by atoms with Crippen LogP contribution in [0.25, 0.3) is 0 Å². The fourth-order valence-electron chi connectivity index (χ4n) is 2.76. The highest BCUT2D eigenvalue weighted by molar-refractivity contribution is 5.97. The van der Waals surface area contributed by atoms with E-state index in [4.69, 9.17) is 5.73 Å². The Kier molecular flexibility index (Phi) is 6.55. The number of H-pyrrole nitrogens is 1. The summed E-state index contributed by atoms with van der Waals surface area (Å²) in [5, 5.41) is 18.5. The van der Waals surface area contributed by atoms with Crippen LogP contribution in [0.3, 0.4) is 0 Å². The van der Waals surface area contributed by atoms with Gasteiger partial charge in [-0.25, -0.2) is 9.97 Å². The van der Waals surface area contributed by atoms with Crippen LogP contribution in [0.15, 0.2) is 43.0 Å². The third kappa shape index (κ3) is 5.52. The molecule has 156 valence electrons. The molecule has 2 amide bonds. The van der Waals surface area contributed by atoms with Gasteiger partial charge in [-0.1, -0.05) is 6.07 Å². The second kappa shape index (κ2) is 9.47. The molecule has 2 heterocycles. The zero-order valence-electron chi connectivity index (χ0n) is 16.2. The number of aromatic amines is 1. The monoisotopic (exact) mass is 410 g/mol. The van der Waals surface area contributed by atoms with E-state index in [0.29, 0.717) is 17.8 Å². The van der Waals surface area contributed by atoms with Crippen LogP contribution < -0.4 is 21.7 Å². The molecule has 2 aromatic heterocycles. The van der Waals surface area contributed by atoms with Crippen LogP contribution in [0.2, 0.25) is 0 Å². The van der Waals surface area contributed by atoms with Crippen molar-refractivity contribution < 1.29 is 14.7 Å². The number of benzene rings is 1. The summed E-state index contributed by atoms with van der Waals surface area (Å²) in [5.74, 6) is -0.486. The maximum absolute atomic E-state index is 11.8. The third-order valence-electron chi connectivity index (χ3n) is 4.08. The molecule has 0 spiro atoms. The quantitative estimate of drug-likeness (QED) is 0.303. The summed E-state index contributed by atoms with van der Waals surface area (Å²) in [4.78, 5) is 38.4. The molecule has 0 aliphatic rings. The molecule has 11 heteroatoms. The second-order valence-electron chi connectivity index (χ2n) is 6.51. The van der Waals surface area contributed by atoms with Crippen molar-refractivity contribution in [1.82, 2.24) is 19.9 Å². The minimum Gasteiger partial charge on any atom is -0.394 e. The van der Waals surface area contributed by atoms with E-state index in [1.54, 1.807) is 36.8 Å². The molecule has 7 N–H and O–H groups in total. The number of nitrogens with one attached hydrogen (secondary N) is 4. The molecule has 1 unspecified atom stereocenters. The Morgan fingerprint density at radius 2 is 2.07 bits per heavy atom. The molecule has 3 aromatic rings. The third-order valence-corrected chi connectivity index (χ3v) is 4.08. The highest BCUT2D eigenvalue weighted by Crippen LogP contribution is 2.21. The molecular formula is C19H22N8O3. The minimum absolute atomic E-state index is 0.0932. The Hall–Kier alpha value is -3.99. The summed E-state index contributed by atoms with van der Waals surface area (Å²) in [5.41, 5.74) is 7.59. The highest BCUT2D eigenvalue weighted by Gasteiger charge is 2.17. The molecular weight excluding hydrogens is 388 g/mol. The lowest BCUT2D eigenvalue weighted by molar-refractivity contribution is -0.114. The van der Waals surface area contributed by atoms with Gasteiger partial charge in [0.15, 0.2) is 0 Å². The molecule has 0 fully saturated rings. The summed E-state index contributed by atoms with van der Waals surface area (Å²) in [6, 6.07) is 6.57. The number of aromatic nitrogens is 4. The fraction of sp³-hybridized carbons (Fsp3) is 0.211. The number of carbonyl (C=O) groups excluding carboxylic acids is 2. The molecule has 0 radical (unpaired) electrons. The van der Waals surface area contributed by atoms with Crippen molar-refractivity contribution >= 4 is 35.0 Å². The normalized spacial score (nSPS) is 11.5. The number of primary amides is 1. The van der Waals surface area contributed by atoms with E-state index in [-0.39, 0.29) is 29.8 Å². The summed E-state index contributed by atoms with van der Waals surface area (Å²) < 4.78 is 0. The minimum atomic E-state index is -0.699. The summed E-state index contributed by atoms with van der Waals surface area (Å²) in [7, 11) is 0. The zero-order chi connectivity index (χ0) is 21.5. The first-order valence-corrected chi connectivity index (χ1v) is 9.10. The van der Waals surface area contributed by atoms with Crippen molar-refractivity contribution in [2.75, 3.05) is 22.6 Å². The standard InChI is InChI=1S/C19H22N8O3/c1-11(29)24-12-3-2-4-13(5-12)26-19-22-8-16(17(20)30)18(27-19)25-15(9-28)6-14-7-21-10-23-14/h2-5,7-8,10,15,28H,6,9H2,1H3,(H2,20,30)(H,21,23)(H,24,29)(H2,22,25,26,27). The van der Waals surface area contributed by atoms with Crippen molar-refractivity contribution in [2.45, 2.75) is 19.4 Å². The summed E-state index contributed by atoms with van der Waals surface area (Å²) in [6.07, 6.45) is 4.93. The Bertz CT molecular complexity index is 1020. The van der Waals surface area contributed by atoms with E-state index < -0.39 is 11.9 Å². The molecule has 0 saturated carbocycles. The van der Waals surface area contributed by atoms with Gasteiger partial charge < -0.3 is 31.8 Å². The molecule has 1 aromatic carbocycles. The number of nitrogens with two attached hydrogens (primary N) is 1. The molecule has 30 heavy (non-hydrogen) atoms. The molecule has 3 rings (SSSR count). The first-order valence-electron chi connectivity index (χ1n) is 9.10. The van der Waals surface area contributed by atoms with E-state index >= 15 is 0 Å². The SMILES string of the molecule is CC(=O)Nc1cccc(Nc2ncc(C(N)=O)c(NC(CO)Cc3cnc[nH]3)n2)c1. The summed E-state index contributed by atoms with van der Waals surface area (Å²) in [6.45, 7) is 1.22. The number of hydrogen-bond donors (Lipinski definition) is 6. The number of amides is 2. The lowest BCUT2D eigenvalue weighted by atomic mass is 10.1. The van der Waals surface area contributed by atoms with Crippen LogP contribution in [-0.2, 0) is 11.2 Å². The lowest BCUT2D eigenvalue weighted by Gasteiger charge is -2.18. The number of anilines is 4. The average molecular weight is 410 g/mol. The van der Waals surface area contributed by atoms with Gasteiger partial charge in [0, 0.05) is 42.8 Å². The van der Waals surface area contributed by atoms with E-state index in [9.17, 15) is 14.7 Å². The van der Waals surface area contributed by atoms with Crippen molar-refractivity contribution in [2.24, 2.45) is 5.73 Å². The molecule has 0 aliphatic carbocycles. The van der Waals surface area contributed by atoms with E-state index in [0.717, 1.165) is 5.69 Å². The van der Waals surface area contributed by atoms with Gasteiger partial charge in [-0.3, -0.25) is 9.59 Å². The first kappa shape index (κ1) is 20.7. The molecule has 1 atom stereocenters. The first-order chi connectivity index (χ1) is 14.4. The van der Waals surface area contributed by atoms with E-state index in [2.05, 4.69) is 35.9 Å². The van der Waals surface area contributed by atoms with Gasteiger partial charge in [0.25, 0.3) is 5.91 Å². The average Bonchev–Trinajstić information content (AvgIpc) is 3.20. The van der Waals surface area contributed by atoms with Gasteiger partial charge in [0.1, 0.15) is 5.82 Å². The predicted molar refractivity (Wildman–Crippen MR) is 111 cm³/mol. The smallest absolute Gasteiger partial charge is 0.254 e. The van der Waals surface area contributed by atoms with Crippen molar-refractivity contribution in [3.8, 4) is 0 Å². The van der Waals surface area contributed by atoms with Crippen LogP contribution in [0, 0.1) is 0 Å². The van der Waals surface area contributed by atoms with Gasteiger partial charge >= 0.3 is 0 Å². The predicted octanol–water partition coefficient (Wildman–Crippen LogP) is 1.02. The van der Waals surface area contributed by atoms with Crippen molar-refractivity contribution in [3.05, 3.63) is 54.2 Å². The van der Waals surface area contributed by atoms with Crippen LogP contribution in [-0.4, -0.2) is 49.5 Å². The van der Waals surface area contributed by atoms with Gasteiger partial charge in [-0.05, 0) is 18.2 Å². The Labute approximate surface area is 172 Å². The van der Waals surface area contributed by atoms with Crippen molar-refractivity contribution in [3.63, 3.8) is 0 Å². The molecule has 11 nitrogen and oxygen atoms in total. The molecule has 0 aliphatic heterocycles. The number of aliphatic hydroxyl groups is 1. The van der Waals surface area contributed by atoms with Crippen molar-refractivity contribution in [1.29, 1.82) is 0 Å². The fourth-order valence-corrected chi connectivity index (χ4v) is 2.76. The van der Waals surface area contributed by atoms with E-state index in [1.807, 2.05) is 0 Å². The topological polar surface area (TPSA) is 171 Å². The number of hydrogen-bond acceptors (Lipinski definition) is 8. The Balaban J connectivity index is 1.82. The van der Waals surface area contributed by atoms with Gasteiger partial charge in [0.2, 0.25) is 11.9 Å². The van der Waals surface area contributed by atoms with Crippen LogP contribution in [0.5, 0.6) is 0 Å². The van der Waals surface area contributed by atoms with Crippen LogP contribution in [0.1, 0.15) is 23.0 Å². The summed E-state index contributed by atoms with van der Waals surface area (Å²) >= 11 is 0. The highest BCUT2D eigenvalue weighted by atomic mass is 16.3. The van der Waals surface area contributed by atoms with Crippen LogP contribution in [0.4, 0.5) is 23.1 Å². The van der Waals surface area contributed by atoms with Gasteiger partial charge in [-0.2, -0.15) is 4.98 Å². The maximum Gasteiger partial charge on any atom is 0.254 e. The molecule has 0 bridgehead atoms. The lowest BCUT2D eigenvalue weighted by Crippen LogP contribution is -2.29. The van der Waals surface area contributed by atoms with E-state index in [1.165, 1.54) is 13.1 Å². The second-order valence-corrected chi connectivity index (χ2v) is 6.51. The van der Waals surface area contributed by atoms with Crippen LogP contribution >= 0.6 is 0 Å². The van der Waals surface area contributed by atoms with Gasteiger partial charge in [0.05, 0.1) is 24.5 Å².